The fourth-order valence-corrected chi connectivity index (χ4v) is 3.80. The number of ether oxygens (including phenoxy) is 2. The van der Waals surface area contributed by atoms with Crippen molar-refractivity contribution in [2.24, 2.45) is 0 Å². The molecule has 6 heteroatoms. The van der Waals surface area contributed by atoms with Crippen LogP contribution in [0.4, 0.5) is 0 Å². The van der Waals surface area contributed by atoms with E-state index < -0.39 is 12.1 Å². The van der Waals surface area contributed by atoms with Gasteiger partial charge in [0.05, 0.1) is 18.3 Å². The molecule has 0 aromatic heterocycles. The van der Waals surface area contributed by atoms with Crippen LogP contribution < -0.4 is 0 Å². The van der Waals surface area contributed by atoms with Crippen LogP contribution in [0.25, 0.3) is 0 Å². The highest BCUT2D eigenvalue weighted by molar-refractivity contribution is 14.1. The molecule has 2 aliphatic rings. The first-order valence-electron chi connectivity index (χ1n) is 8.17. The molecule has 130 valence electrons. The molecule has 3 rings (SSSR count). The molecule has 1 aromatic rings. The summed E-state index contributed by atoms with van der Waals surface area (Å²) in [7, 11) is 0. The summed E-state index contributed by atoms with van der Waals surface area (Å²) in [5.41, 5.74) is 0.908. The quantitative estimate of drug-likeness (QED) is 0.542. The molecule has 0 aliphatic carbocycles. The maximum Gasteiger partial charge on any atom is 0.342 e. The maximum absolute atomic E-state index is 12.6. The average molecular weight is 444 g/mol. The van der Waals surface area contributed by atoms with Crippen LogP contribution in [0.2, 0.25) is 0 Å². The van der Waals surface area contributed by atoms with E-state index in [1.165, 1.54) is 6.07 Å². The van der Waals surface area contributed by atoms with Gasteiger partial charge in [0.25, 0.3) is 0 Å². The number of aromatic hydroxyl groups is 1. The molecule has 0 spiro atoms. The number of cyclic esters (lactones) is 1. The van der Waals surface area contributed by atoms with Crippen LogP contribution >= 0.6 is 22.6 Å². The van der Waals surface area contributed by atoms with Crippen molar-refractivity contribution < 1.29 is 24.5 Å². The van der Waals surface area contributed by atoms with Gasteiger partial charge in [-0.25, -0.2) is 4.79 Å². The second kappa shape index (κ2) is 7.84. The number of aliphatic hydroxyl groups is 1. The van der Waals surface area contributed by atoms with Crippen molar-refractivity contribution in [3.63, 3.8) is 0 Å². The van der Waals surface area contributed by atoms with Crippen LogP contribution in [0.1, 0.15) is 41.6 Å². The largest absolute Gasteiger partial charge is 0.507 e. The molecule has 5 nitrogen and oxygen atoms in total. The third-order valence-corrected chi connectivity index (χ3v) is 5.03. The monoisotopic (exact) mass is 444 g/mol. The molecule has 0 radical (unpaired) electrons. The van der Waals surface area contributed by atoms with Gasteiger partial charge in [0.2, 0.25) is 0 Å². The van der Waals surface area contributed by atoms with E-state index in [4.69, 9.17) is 9.47 Å². The number of esters is 1. The lowest BCUT2D eigenvalue weighted by atomic mass is 9.91. The molecular formula is C18H21IO5. The zero-order chi connectivity index (χ0) is 17.1. The van der Waals surface area contributed by atoms with Crippen LogP contribution in [0.5, 0.6) is 5.75 Å². The van der Waals surface area contributed by atoms with Crippen LogP contribution in [0.15, 0.2) is 28.4 Å². The van der Waals surface area contributed by atoms with Gasteiger partial charge in [-0.15, -0.1) is 0 Å². The third-order valence-electron chi connectivity index (χ3n) is 4.52. The van der Waals surface area contributed by atoms with E-state index in [1.54, 1.807) is 12.1 Å². The number of rotatable bonds is 2. The van der Waals surface area contributed by atoms with E-state index in [0.29, 0.717) is 37.7 Å². The van der Waals surface area contributed by atoms with E-state index in [-0.39, 0.29) is 29.6 Å². The molecule has 24 heavy (non-hydrogen) atoms. The minimum Gasteiger partial charge on any atom is -0.507 e. The van der Waals surface area contributed by atoms with E-state index in [0.717, 1.165) is 0 Å². The molecule has 4 atom stereocenters. The fraction of sp³-hybridized carbons (Fsp3) is 0.500. The molecular weight excluding hydrogens is 423 g/mol. The van der Waals surface area contributed by atoms with Crippen LogP contribution in [-0.2, 0) is 15.9 Å². The van der Waals surface area contributed by atoms with Gasteiger partial charge in [-0.3, -0.25) is 0 Å². The summed E-state index contributed by atoms with van der Waals surface area (Å²) in [6, 6.07) is 5.00. The Balaban J connectivity index is 1.95. The summed E-state index contributed by atoms with van der Waals surface area (Å²) in [6.45, 7) is 0. The summed E-state index contributed by atoms with van der Waals surface area (Å²) in [6.07, 6.45) is 3.60. The maximum atomic E-state index is 12.6. The number of phenolic OH excluding ortho intramolecular Hbond substituents is 1. The Kier molecular flexibility index (Phi) is 5.78. The van der Waals surface area contributed by atoms with Gasteiger partial charge < -0.3 is 19.7 Å². The molecule has 2 heterocycles. The van der Waals surface area contributed by atoms with Crippen LogP contribution in [-0.4, -0.2) is 40.6 Å². The summed E-state index contributed by atoms with van der Waals surface area (Å²) < 4.78 is 13.6. The standard InChI is InChI=1S/C18H21IO5/c19-6-2-4-13-10-15-9-12(20)8-14(23-15)7-11-3-1-5-16(21)17(11)18(22)24-13/h1-3,5-6,12-15,20-21H,4,7-10H2/b6-2+/t12-,13+,14+,15-/m1/s1. The lowest BCUT2D eigenvalue weighted by Gasteiger charge is -2.36. The van der Waals surface area contributed by atoms with Gasteiger partial charge in [0.15, 0.2) is 0 Å². The molecule has 0 unspecified atom stereocenters. The normalized spacial score (nSPS) is 30.7. The second-order valence-electron chi connectivity index (χ2n) is 6.38. The van der Waals surface area contributed by atoms with Crippen molar-refractivity contribution in [2.45, 2.75) is 56.5 Å². The number of benzene rings is 1. The number of hydrogen-bond donors (Lipinski definition) is 2. The summed E-state index contributed by atoms with van der Waals surface area (Å²) in [5, 5.41) is 20.3. The van der Waals surface area contributed by atoms with E-state index >= 15 is 0 Å². The molecule has 1 aromatic carbocycles. The molecule has 2 aliphatic heterocycles. The van der Waals surface area contributed by atoms with Crippen molar-refractivity contribution in [3.8, 4) is 5.75 Å². The highest BCUT2D eigenvalue weighted by Gasteiger charge is 2.34. The van der Waals surface area contributed by atoms with Crippen molar-refractivity contribution in [2.75, 3.05) is 0 Å². The lowest BCUT2D eigenvalue weighted by Crippen LogP contribution is -2.40. The predicted octanol–water partition coefficient (Wildman–Crippen LogP) is 3.11. The number of halogens is 1. The zero-order valence-electron chi connectivity index (χ0n) is 13.2. The van der Waals surface area contributed by atoms with Crippen molar-refractivity contribution in [3.05, 3.63) is 39.5 Å². The summed E-state index contributed by atoms with van der Waals surface area (Å²) >= 11 is 2.13. The SMILES string of the molecule is O=C1O[C@@H](C/C=C/I)C[C@H]2C[C@H](O)C[C@H](Cc3cccc(O)c31)O2. The number of carbonyl (C=O) groups is 1. The predicted molar refractivity (Wildman–Crippen MR) is 97.3 cm³/mol. The fourth-order valence-electron chi connectivity index (χ4n) is 3.51. The Bertz CT molecular complexity index is 630. The van der Waals surface area contributed by atoms with Gasteiger partial charge in [-0.2, -0.15) is 0 Å². The minimum atomic E-state index is -0.490. The minimum absolute atomic E-state index is 0.0748. The second-order valence-corrected chi connectivity index (χ2v) is 7.10. The van der Waals surface area contributed by atoms with Crippen LogP contribution in [0, 0.1) is 0 Å². The first-order valence-corrected chi connectivity index (χ1v) is 9.42. The van der Waals surface area contributed by atoms with Gasteiger partial charge in [0.1, 0.15) is 17.4 Å². The number of carbonyl (C=O) groups excluding carboxylic acids is 1. The molecule has 0 amide bonds. The molecule has 1 fully saturated rings. The molecule has 0 saturated carbocycles. The Morgan fingerprint density at radius 2 is 2.04 bits per heavy atom. The number of aliphatic hydroxyl groups excluding tert-OH is 1. The Hall–Kier alpha value is -1.12. The van der Waals surface area contributed by atoms with E-state index in [2.05, 4.69) is 22.6 Å². The van der Waals surface area contributed by atoms with Gasteiger partial charge in [0, 0.05) is 12.8 Å². The van der Waals surface area contributed by atoms with Crippen molar-refractivity contribution in [1.29, 1.82) is 0 Å². The summed E-state index contributed by atoms with van der Waals surface area (Å²) in [4.78, 5) is 12.6. The zero-order valence-corrected chi connectivity index (χ0v) is 15.4. The lowest BCUT2D eigenvalue weighted by molar-refractivity contribution is -0.109. The Morgan fingerprint density at radius 1 is 1.25 bits per heavy atom. The van der Waals surface area contributed by atoms with Crippen LogP contribution in [0.3, 0.4) is 0 Å². The highest BCUT2D eigenvalue weighted by Crippen LogP contribution is 2.32. The molecule has 2 bridgehead atoms. The van der Waals surface area contributed by atoms with Crippen molar-refractivity contribution >= 4 is 28.6 Å². The average Bonchev–Trinajstić information content (AvgIpc) is 2.51. The van der Waals surface area contributed by atoms with Crippen molar-refractivity contribution in [1.82, 2.24) is 0 Å². The first kappa shape index (κ1) is 17.7. The Morgan fingerprint density at radius 3 is 2.83 bits per heavy atom. The first-order chi connectivity index (χ1) is 11.6. The summed E-state index contributed by atoms with van der Waals surface area (Å²) in [5.74, 6) is -0.565. The molecule has 2 N–H and O–H groups in total. The van der Waals surface area contributed by atoms with E-state index in [9.17, 15) is 15.0 Å². The number of phenols is 1. The number of hydrogen-bond acceptors (Lipinski definition) is 5. The smallest absolute Gasteiger partial charge is 0.342 e. The molecule has 1 saturated heterocycles. The highest BCUT2D eigenvalue weighted by atomic mass is 127. The Labute approximate surface area is 154 Å². The third kappa shape index (κ3) is 4.10. The van der Waals surface area contributed by atoms with Gasteiger partial charge in [-0.05, 0) is 35.0 Å². The van der Waals surface area contributed by atoms with E-state index in [1.807, 2.05) is 10.2 Å². The number of fused-ring (bicyclic) bond motifs is 3. The van der Waals surface area contributed by atoms with Gasteiger partial charge in [-0.1, -0.05) is 40.8 Å². The van der Waals surface area contributed by atoms with Gasteiger partial charge >= 0.3 is 5.97 Å². The topological polar surface area (TPSA) is 76.0 Å².